The van der Waals surface area contributed by atoms with Gasteiger partial charge in [-0.1, -0.05) is 11.6 Å². The van der Waals surface area contributed by atoms with Crippen LogP contribution in [0.15, 0.2) is 41.7 Å². The summed E-state index contributed by atoms with van der Waals surface area (Å²) in [5.74, 6) is 0.130. The fourth-order valence-electron chi connectivity index (χ4n) is 1.22. The first-order valence-electron chi connectivity index (χ1n) is 4.83. The van der Waals surface area contributed by atoms with E-state index >= 15 is 0 Å². The highest BCUT2D eigenvalue weighted by Gasteiger charge is 2.15. The first-order valence-corrected chi connectivity index (χ1v) is 6.69. The van der Waals surface area contributed by atoms with Crippen LogP contribution in [0, 0.1) is 0 Å². The van der Waals surface area contributed by atoms with Gasteiger partial charge in [-0.3, -0.25) is 9.71 Å². The van der Waals surface area contributed by atoms with Crippen LogP contribution in [0.3, 0.4) is 0 Å². The molecular formula is C10H9ClN4O2S. The molecule has 0 saturated heterocycles. The number of benzene rings is 1. The Morgan fingerprint density at radius 1 is 1.28 bits per heavy atom. The zero-order valence-corrected chi connectivity index (χ0v) is 10.6. The molecule has 0 saturated carbocycles. The van der Waals surface area contributed by atoms with Crippen molar-refractivity contribution in [3.05, 3.63) is 41.8 Å². The normalized spacial score (nSPS) is 11.2. The number of aromatic nitrogens is 2. The second kappa shape index (κ2) is 4.79. The molecule has 0 amide bonds. The number of nitrogen functional groups attached to an aromatic ring is 1. The maximum atomic E-state index is 12.0. The van der Waals surface area contributed by atoms with Crippen molar-refractivity contribution in [2.45, 2.75) is 4.90 Å². The van der Waals surface area contributed by atoms with Gasteiger partial charge < -0.3 is 5.73 Å². The minimum absolute atomic E-state index is 0.00681. The standard InChI is InChI=1S/C10H9ClN4O2S/c11-8-5-7(1-2-9(8)12)18(16,17)15-10-6-13-3-4-14-10/h1-6H,12H2,(H,14,15). The Labute approximate surface area is 109 Å². The van der Waals surface area contributed by atoms with Gasteiger partial charge in [0.1, 0.15) is 0 Å². The van der Waals surface area contributed by atoms with Gasteiger partial charge in [-0.15, -0.1) is 0 Å². The molecule has 1 aromatic heterocycles. The topological polar surface area (TPSA) is 98.0 Å². The highest BCUT2D eigenvalue weighted by Crippen LogP contribution is 2.23. The average molecular weight is 285 g/mol. The third-order valence-electron chi connectivity index (χ3n) is 2.08. The van der Waals surface area contributed by atoms with Gasteiger partial charge in [0.25, 0.3) is 10.0 Å². The van der Waals surface area contributed by atoms with Gasteiger partial charge in [-0.25, -0.2) is 13.4 Å². The summed E-state index contributed by atoms with van der Waals surface area (Å²) in [7, 11) is -3.75. The molecule has 0 radical (unpaired) electrons. The molecule has 94 valence electrons. The number of halogens is 1. The van der Waals surface area contributed by atoms with Gasteiger partial charge in [-0.2, -0.15) is 0 Å². The lowest BCUT2D eigenvalue weighted by atomic mass is 10.3. The summed E-state index contributed by atoms with van der Waals surface area (Å²) in [6.45, 7) is 0. The highest BCUT2D eigenvalue weighted by molar-refractivity contribution is 7.92. The number of nitrogens with one attached hydrogen (secondary N) is 1. The quantitative estimate of drug-likeness (QED) is 0.833. The van der Waals surface area contributed by atoms with Crippen molar-refractivity contribution in [3.8, 4) is 0 Å². The highest BCUT2D eigenvalue weighted by atomic mass is 35.5. The molecule has 0 spiro atoms. The summed E-state index contributed by atoms with van der Waals surface area (Å²) >= 11 is 5.78. The average Bonchev–Trinajstić information content (AvgIpc) is 2.33. The van der Waals surface area contributed by atoms with E-state index in [2.05, 4.69) is 14.7 Å². The van der Waals surface area contributed by atoms with E-state index in [1.54, 1.807) is 0 Å². The number of nitrogens with two attached hydrogens (primary N) is 1. The third-order valence-corrected chi connectivity index (χ3v) is 3.76. The van der Waals surface area contributed by atoms with Crippen molar-refractivity contribution in [1.29, 1.82) is 0 Å². The Hall–Kier alpha value is -1.86. The lowest BCUT2D eigenvalue weighted by Gasteiger charge is -2.07. The van der Waals surface area contributed by atoms with Crippen LogP contribution in [-0.2, 0) is 10.0 Å². The zero-order valence-electron chi connectivity index (χ0n) is 9.04. The van der Waals surface area contributed by atoms with Crippen molar-refractivity contribution in [3.63, 3.8) is 0 Å². The molecule has 0 aliphatic carbocycles. The zero-order chi connectivity index (χ0) is 13.2. The van der Waals surface area contributed by atoms with E-state index in [0.717, 1.165) is 0 Å². The van der Waals surface area contributed by atoms with Crippen LogP contribution in [0.5, 0.6) is 0 Å². The Bertz CT molecular complexity index is 661. The molecule has 0 atom stereocenters. The molecule has 0 unspecified atom stereocenters. The van der Waals surface area contributed by atoms with Gasteiger partial charge in [-0.05, 0) is 18.2 Å². The van der Waals surface area contributed by atoms with Crippen LogP contribution in [0.2, 0.25) is 5.02 Å². The van der Waals surface area contributed by atoms with E-state index in [4.69, 9.17) is 17.3 Å². The van der Waals surface area contributed by atoms with Gasteiger partial charge in [0, 0.05) is 12.4 Å². The summed E-state index contributed by atoms with van der Waals surface area (Å²) in [6, 6.07) is 4.06. The smallest absolute Gasteiger partial charge is 0.263 e. The monoisotopic (exact) mass is 284 g/mol. The van der Waals surface area contributed by atoms with Crippen LogP contribution >= 0.6 is 11.6 Å². The SMILES string of the molecule is Nc1ccc(S(=O)(=O)Nc2cnccn2)cc1Cl. The molecule has 0 aliphatic heterocycles. The van der Waals surface area contributed by atoms with Crippen molar-refractivity contribution >= 4 is 33.1 Å². The van der Waals surface area contributed by atoms with E-state index in [1.165, 1.54) is 36.8 Å². The van der Waals surface area contributed by atoms with Crippen LogP contribution in [0.1, 0.15) is 0 Å². The van der Waals surface area contributed by atoms with Crippen molar-refractivity contribution in [2.24, 2.45) is 0 Å². The number of rotatable bonds is 3. The fraction of sp³-hybridized carbons (Fsp3) is 0. The van der Waals surface area contributed by atoms with Crippen LogP contribution in [0.25, 0.3) is 0 Å². The van der Waals surface area contributed by atoms with Gasteiger partial charge in [0.05, 0.1) is 21.8 Å². The Morgan fingerprint density at radius 3 is 2.67 bits per heavy atom. The molecule has 0 aliphatic rings. The third kappa shape index (κ3) is 2.69. The minimum Gasteiger partial charge on any atom is -0.398 e. The maximum absolute atomic E-state index is 12.0. The fourth-order valence-corrected chi connectivity index (χ4v) is 2.49. The molecule has 2 rings (SSSR count). The second-order valence-electron chi connectivity index (χ2n) is 3.38. The van der Waals surface area contributed by atoms with Gasteiger partial charge >= 0.3 is 0 Å². The van der Waals surface area contributed by atoms with E-state index < -0.39 is 10.0 Å². The molecule has 1 aromatic carbocycles. The Kier molecular flexibility index (Phi) is 3.35. The van der Waals surface area contributed by atoms with E-state index in [1.807, 2.05) is 0 Å². The largest absolute Gasteiger partial charge is 0.398 e. The summed E-state index contributed by atoms with van der Waals surface area (Å²) in [5.41, 5.74) is 5.83. The summed E-state index contributed by atoms with van der Waals surface area (Å²) in [6.07, 6.45) is 4.13. The molecular weight excluding hydrogens is 276 g/mol. The first-order chi connectivity index (χ1) is 8.49. The molecule has 3 N–H and O–H groups in total. The minimum atomic E-state index is -3.75. The summed E-state index contributed by atoms with van der Waals surface area (Å²) in [5, 5.41) is 0.178. The molecule has 0 bridgehead atoms. The molecule has 18 heavy (non-hydrogen) atoms. The molecule has 2 aromatic rings. The maximum Gasteiger partial charge on any atom is 0.263 e. The molecule has 1 heterocycles. The molecule has 8 heteroatoms. The first kappa shape index (κ1) is 12.6. The van der Waals surface area contributed by atoms with Crippen molar-refractivity contribution < 1.29 is 8.42 Å². The van der Waals surface area contributed by atoms with Crippen LogP contribution in [0.4, 0.5) is 11.5 Å². The summed E-state index contributed by atoms with van der Waals surface area (Å²) < 4.78 is 26.3. The Morgan fingerprint density at radius 2 is 2.06 bits per heavy atom. The Balaban J connectivity index is 2.34. The molecule has 6 nitrogen and oxygen atoms in total. The lowest BCUT2D eigenvalue weighted by molar-refractivity contribution is 0.601. The van der Waals surface area contributed by atoms with E-state index in [0.29, 0.717) is 5.69 Å². The summed E-state index contributed by atoms with van der Waals surface area (Å²) in [4.78, 5) is 7.58. The van der Waals surface area contributed by atoms with Crippen molar-refractivity contribution in [2.75, 3.05) is 10.5 Å². The van der Waals surface area contributed by atoms with Gasteiger partial charge in [0.2, 0.25) is 0 Å². The van der Waals surface area contributed by atoms with Crippen molar-refractivity contribution in [1.82, 2.24) is 9.97 Å². The predicted molar refractivity (Wildman–Crippen MR) is 68.7 cm³/mol. The lowest BCUT2D eigenvalue weighted by Crippen LogP contribution is -2.14. The van der Waals surface area contributed by atoms with Crippen LogP contribution in [-0.4, -0.2) is 18.4 Å². The predicted octanol–water partition coefficient (Wildman–Crippen LogP) is 1.51. The van der Waals surface area contributed by atoms with E-state index in [-0.39, 0.29) is 15.7 Å². The number of hydrogen-bond acceptors (Lipinski definition) is 5. The van der Waals surface area contributed by atoms with Gasteiger partial charge in [0.15, 0.2) is 5.82 Å². The number of sulfonamides is 1. The number of anilines is 2. The van der Waals surface area contributed by atoms with E-state index in [9.17, 15) is 8.42 Å². The van der Waals surface area contributed by atoms with Crippen LogP contribution < -0.4 is 10.5 Å². The number of hydrogen-bond donors (Lipinski definition) is 2. The number of nitrogens with zero attached hydrogens (tertiary/aromatic N) is 2. The molecule has 0 fully saturated rings. The second-order valence-corrected chi connectivity index (χ2v) is 5.47.